The topological polar surface area (TPSA) is 82.7 Å². The summed E-state index contributed by atoms with van der Waals surface area (Å²) in [7, 11) is 2.22. The van der Waals surface area contributed by atoms with E-state index in [-0.39, 0.29) is 6.03 Å². The summed E-state index contributed by atoms with van der Waals surface area (Å²) < 4.78 is 14.7. The molecule has 0 fully saturated rings. The van der Waals surface area contributed by atoms with Gasteiger partial charge in [0.2, 0.25) is 0 Å². The molecule has 0 heterocycles. The number of alkyl carbamates (subject to hydrolysis) is 1. The molecule has 0 unspecified atom stereocenters. The smallest absolute Gasteiger partial charge is 0.407 e. The van der Waals surface area contributed by atoms with Crippen LogP contribution in [0, 0.1) is 0 Å². The number of rotatable bonds is 7. The lowest BCUT2D eigenvalue weighted by molar-refractivity contribution is 0.0532. The van der Waals surface area contributed by atoms with Crippen molar-refractivity contribution in [1.82, 2.24) is 10.6 Å². The SMILES string of the molecule is C=C(CNC(=O)OC(C)(C)C)CNc1ccc(N(C)C(=O)NCC)cc1.CC.CF. The maximum absolute atomic E-state index is 11.8. The van der Waals surface area contributed by atoms with Crippen molar-refractivity contribution in [2.75, 3.05) is 44.1 Å². The first-order chi connectivity index (χ1) is 14.1. The van der Waals surface area contributed by atoms with Gasteiger partial charge in [-0.2, -0.15) is 0 Å². The number of amides is 3. The van der Waals surface area contributed by atoms with Crippen molar-refractivity contribution in [2.24, 2.45) is 0 Å². The molecule has 7 nitrogen and oxygen atoms in total. The Balaban J connectivity index is 0. The number of anilines is 2. The Morgan fingerprint density at radius 1 is 1.07 bits per heavy atom. The maximum Gasteiger partial charge on any atom is 0.407 e. The average Bonchev–Trinajstić information content (AvgIpc) is 2.72. The van der Waals surface area contributed by atoms with Gasteiger partial charge >= 0.3 is 12.1 Å². The predicted molar refractivity (Wildman–Crippen MR) is 124 cm³/mol. The van der Waals surface area contributed by atoms with E-state index in [1.807, 2.05) is 65.8 Å². The fourth-order valence-corrected chi connectivity index (χ4v) is 1.99. The van der Waals surface area contributed by atoms with Gasteiger partial charge in [0.15, 0.2) is 0 Å². The van der Waals surface area contributed by atoms with Crippen molar-refractivity contribution < 1.29 is 18.7 Å². The van der Waals surface area contributed by atoms with Crippen LogP contribution in [0.5, 0.6) is 0 Å². The van der Waals surface area contributed by atoms with E-state index in [9.17, 15) is 14.0 Å². The fraction of sp³-hybridized carbons (Fsp3) is 0.545. The second-order valence-corrected chi connectivity index (χ2v) is 6.90. The molecule has 0 radical (unpaired) electrons. The van der Waals surface area contributed by atoms with Gasteiger partial charge in [0.25, 0.3) is 0 Å². The molecule has 8 heteroatoms. The van der Waals surface area contributed by atoms with Crippen molar-refractivity contribution in [3.63, 3.8) is 0 Å². The minimum atomic E-state index is -0.521. The van der Waals surface area contributed by atoms with Crippen LogP contribution in [0.3, 0.4) is 0 Å². The van der Waals surface area contributed by atoms with Crippen LogP contribution >= 0.6 is 0 Å². The number of carbonyl (C=O) groups is 2. The van der Waals surface area contributed by atoms with Gasteiger partial charge in [-0.1, -0.05) is 20.4 Å². The largest absolute Gasteiger partial charge is 0.444 e. The molecule has 0 aliphatic rings. The van der Waals surface area contributed by atoms with Crippen LogP contribution in [0.2, 0.25) is 0 Å². The minimum absolute atomic E-state index is 0.144. The molecule has 172 valence electrons. The summed E-state index contributed by atoms with van der Waals surface area (Å²) in [6.45, 7) is 16.7. The van der Waals surface area contributed by atoms with Gasteiger partial charge in [0, 0.05) is 38.1 Å². The summed E-state index contributed by atoms with van der Waals surface area (Å²) in [5.74, 6) is 0. The van der Waals surface area contributed by atoms with E-state index >= 15 is 0 Å². The Kier molecular flexibility index (Phi) is 15.8. The molecule has 3 amide bonds. The van der Waals surface area contributed by atoms with E-state index in [1.54, 1.807) is 11.9 Å². The third-order valence-corrected chi connectivity index (χ3v) is 3.31. The zero-order valence-electron chi connectivity index (χ0n) is 19.7. The lowest BCUT2D eigenvalue weighted by Crippen LogP contribution is -2.37. The molecule has 0 aliphatic carbocycles. The fourth-order valence-electron chi connectivity index (χ4n) is 1.99. The van der Waals surface area contributed by atoms with E-state index in [0.717, 1.165) is 16.9 Å². The number of nitrogens with zero attached hydrogens (tertiary/aromatic N) is 1. The molecule has 3 N–H and O–H groups in total. The number of carbonyl (C=O) groups excluding carboxylic acids is 2. The molecular weight excluding hydrogens is 387 g/mol. The first-order valence-electron chi connectivity index (χ1n) is 9.99. The molecule has 0 saturated carbocycles. The zero-order chi connectivity index (χ0) is 23.7. The number of alkyl halides is 1. The Labute approximate surface area is 181 Å². The van der Waals surface area contributed by atoms with Crippen LogP contribution in [0.4, 0.5) is 25.4 Å². The summed E-state index contributed by atoms with van der Waals surface area (Å²) in [6.07, 6.45) is -0.462. The van der Waals surface area contributed by atoms with Crippen molar-refractivity contribution in [2.45, 2.75) is 47.1 Å². The number of hydrogen-bond acceptors (Lipinski definition) is 4. The van der Waals surface area contributed by atoms with Crippen molar-refractivity contribution in [1.29, 1.82) is 0 Å². The van der Waals surface area contributed by atoms with Crippen molar-refractivity contribution in [3.05, 3.63) is 36.4 Å². The molecule has 0 spiro atoms. The quantitative estimate of drug-likeness (QED) is 0.538. The normalized spacial score (nSPS) is 9.63. The Morgan fingerprint density at radius 2 is 1.60 bits per heavy atom. The van der Waals surface area contributed by atoms with E-state index in [2.05, 4.69) is 22.5 Å². The van der Waals surface area contributed by atoms with Crippen molar-refractivity contribution >= 4 is 23.5 Å². The van der Waals surface area contributed by atoms with Crippen LogP contribution < -0.4 is 20.9 Å². The second-order valence-electron chi connectivity index (χ2n) is 6.90. The highest BCUT2D eigenvalue weighted by atomic mass is 19.1. The molecule has 0 saturated heterocycles. The molecule has 1 aromatic rings. The van der Waals surface area contributed by atoms with Gasteiger partial charge in [-0.05, 0) is 57.5 Å². The van der Waals surface area contributed by atoms with Crippen LogP contribution in [0.1, 0.15) is 41.5 Å². The summed E-state index contributed by atoms with van der Waals surface area (Å²) in [6, 6.07) is 7.35. The van der Waals surface area contributed by atoms with Crippen LogP contribution in [0.15, 0.2) is 36.4 Å². The van der Waals surface area contributed by atoms with Crippen LogP contribution in [-0.2, 0) is 4.74 Å². The van der Waals surface area contributed by atoms with Crippen LogP contribution in [0.25, 0.3) is 0 Å². The van der Waals surface area contributed by atoms with Gasteiger partial charge in [-0.3, -0.25) is 9.29 Å². The lowest BCUT2D eigenvalue weighted by atomic mass is 10.2. The molecule has 0 aromatic heterocycles. The number of halogens is 1. The highest BCUT2D eigenvalue weighted by molar-refractivity contribution is 5.91. The number of urea groups is 1. The standard InChI is InChI=1S/C19H30N4O3.C2H6.CH3F/c1-7-20-17(24)23(6)16-10-8-15(9-11-16)21-12-14(2)13-22-18(25)26-19(3,4)5;2*1-2/h8-11,21H,2,7,12-13H2,1,3-6H3,(H,20,24)(H,22,25);1-2H3;1H3. The lowest BCUT2D eigenvalue weighted by Gasteiger charge is -2.20. The zero-order valence-corrected chi connectivity index (χ0v) is 19.7. The average molecular weight is 427 g/mol. The minimum Gasteiger partial charge on any atom is -0.444 e. The van der Waals surface area contributed by atoms with E-state index < -0.39 is 11.7 Å². The number of hydrogen-bond donors (Lipinski definition) is 3. The Morgan fingerprint density at radius 3 is 2.07 bits per heavy atom. The van der Waals surface area contributed by atoms with E-state index in [1.165, 1.54) is 0 Å². The van der Waals surface area contributed by atoms with E-state index in [0.29, 0.717) is 26.8 Å². The molecule has 1 aromatic carbocycles. The number of nitrogens with one attached hydrogen (secondary N) is 3. The first-order valence-corrected chi connectivity index (χ1v) is 9.99. The Hall–Kier alpha value is -2.77. The van der Waals surface area contributed by atoms with Gasteiger partial charge in [0.05, 0.1) is 7.18 Å². The summed E-state index contributed by atoms with van der Waals surface area (Å²) in [5.41, 5.74) is 2.00. The summed E-state index contributed by atoms with van der Waals surface area (Å²) in [5, 5.41) is 8.65. The maximum atomic E-state index is 11.8. The summed E-state index contributed by atoms with van der Waals surface area (Å²) in [4.78, 5) is 25.0. The third-order valence-electron chi connectivity index (χ3n) is 3.31. The van der Waals surface area contributed by atoms with E-state index in [4.69, 9.17) is 4.74 Å². The number of ether oxygens (including phenoxy) is 1. The van der Waals surface area contributed by atoms with Crippen molar-refractivity contribution in [3.8, 4) is 0 Å². The molecule has 1 rings (SSSR count). The van der Waals surface area contributed by atoms with Gasteiger partial charge in [-0.25, -0.2) is 9.59 Å². The van der Waals surface area contributed by atoms with Gasteiger partial charge < -0.3 is 20.7 Å². The number of benzene rings is 1. The summed E-state index contributed by atoms with van der Waals surface area (Å²) >= 11 is 0. The monoisotopic (exact) mass is 426 g/mol. The van der Waals surface area contributed by atoms with Gasteiger partial charge in [0.1, 0.15) is 5.60 Å². The Bertz CT molecular complexity index is 628. The van der Waals surface area contributed by atoms with Crippen LogP contribution in [-0.4, -0.2) is 51.6 Å². The van der Waals surface area contributed by atoms with Gasteiger partial charge in [-0.15, -0.1) is 0 Å². The second kappa shape index (κ2) is 16.1. The molecule has 30 heavy (non-hydrogen) atoms. The predicted octanol–water partition coefficient (Wildman–Crippen LogP) is 4.96. The first kappa shape index (κ1) is 29.4. The molecule has 0 aliphatic heterocycles. The highest BCUT2D eigenvalue weighted by Gasteiger charge is 2.15. The molecule has 0 bridgehead atoms. The molecular formula is C22H39FN4O3. The third kappa shape index (κ3) is 13.4. The highest BCUT2D eigenvalue weighted by Crippen LogP contribution is 2.17. The molecule has 0 atom stereocenters.